The molecule has 0 unspecified atom stereocenters. The van der Waals surface area contributed by atoms with Gasteiger partial charge in [0.25, 0.3) is 0 Å². The van der Waals surface area contributed by atoms with Crippen LogP contribution in [0.15, 0.2) is 36.9 Å². The first-order valence-corrected chi connectivity index (χ1v) is 7.81. The maximum atomic E-state index is 11.5. The quantitative estimate of drug-likeness (QED) is 0.821. The lowest BCUT2D eigenvalue weighted by atomic mass is 9.97. The molecule has 4 heteroatoms. The van der Waals surface area contributed by atoms with E-state index in [0.717, 1.165) is 50.1 Å². The third kappa shape index (κ3) is 4.71. The number of hydrogen-bond acceptors (Lipinski definition) is 3. The highest BCUT2D eigenvalue weighted by molar-refractivity contribution is 5.77. The second kappa shape index (κ2) is 8.35. The fourth-order valence-corrected chi connectivity index (χ4v) is 2.93. The summed E-state index contributed by atoms with van der Waals surface area (Å²) in [7, 11) is 0. The first-order chi connectivity index (χ1) is 10.7. The van der Waals surface area contributed by atoms with E-state index in [9.17, 15) is 10.1 Å². The smallest absolute Gasteiger partial charge is 0.223 e. The number of carbonyl (C=O) groups is 1. The first-order valence-electron chi connectivity index (χ1n) is 7.81. The van der Waals surface area contributed by atoms with E-state index < -0.39 is 0 Å². The third-order valence-corrected chi connectivity index (χ3v) is 4.05. The summed E-state index contributed by atoms with van der Waals surface area (Å²) in [4.78, 5) is 13.9. The molecule has 2 rings (SSSR count). The number of rotatable bonds is 6. The van der Waals surface area contributed by atoms with Gasteiger partial charge in [-0.2, -0.15) is 5.26 Å². The van der Waals surface area contributed by atoms with Gasteiger partial charge in [-0.3, -0.25) is 9.69 Å². The van der Waals surface area contributed by atoms with Crippen molar-refractivity contribution in [3.63, 3.8) is 0 Å². The molecular formula is C18H23N3O. The number of likely N-dealkylation sites (tertiary alicyclic amines) is 1. The van der Waals surface area contributed by atoms with Gasteiger partial charge in [0.05, 0.1) is 11.6 Å². The molecule has 22 heavy (non-hydrogen) atoms. The minimum Gasteiger partial charge on any atom is -0.356 e. The SMILES string of the molecule is C=CCC(=O)NC[C@H]1CCCN(Cc2ccccc2C#N)C1. The van der Waals surface area contributed by atoms with Gasteiger partial charge in [0, 0.05) is 26.1 Å². The molecule has 1 aromatic carbocycles. The molecule has 1 saturated heterocycles. The lowest BCUT2D eigenvalue weighted by Gasteiger charge is -2.33. The second-order valence-corrected chi connectivity index (χ2v) is 5.81. The van der Waals surface area contributed by atoms with Crippen molar-refractivity contribution in [1.29, 1.82) is 5.26 Å². The number of nitrogens with one attached hydrogen (secondary N) is 1. The minimum atomic E-state index is 0.0435. The number of piperidine rings is 1. The maximum Gasteiger partial charge on any atom is 0.223 e. The summed E-state index contributed by atoms with van der Waals surface area (Å²) in [6, 6.07) is 10.0. The molecule has 1 aliphatic heterocycles. The van der Waals surface area contributed by atoms with E-state index in [1.807, 2.05) is 24.3 Å². The standard InChI is InChI=1S/C18H23N3O/c1-2-6-18(22)20-12-15-7-5-10-21(13-15)14-17-9-4-3-8-16(17)11-19/h2-4,8-9,15H,1,5-7,10,12-14H2,(H,20,22)/t15-/m1/s1. The maximum absolute atomic E-state index is 11.5. The average molecular weight is 297 g/mol. The van der Waals surface area contributed by atoms with E-state index in [-0.39, 0.29) is 5.91 Å². The van der Waals surface area contributed by atoms with Crippen LogP contribution in [-0.2, 0) is 11.3 Å². The molecule has 1 atom stereocenters. The normalized spacial score (nSPS) is 18.4. The van der Waals surface area contributed by atoms with Crippen LogP contribution in [-0.4, -0.2) is 30.4 Å². The monoisotopic (exact) mass is 297 g/mol. The van der Waals surface area contributed by atoms with Crippen LogP contribution in [0.4, 0.5) is 0 Å². The molecule has 0 bridgehead atoms. The van der Waals surface area contributed by atoms with E-state index in [2.05, 4.69) is 22.9 Å². The van der Waals surface area contributed by atoms with Crippen molar-refractivity contribution < 1.29 is 4.79 Å². The van der Waals surface area contributed by atoms with Gasteiger partial charge in [0.2, 0.25) is 5.91 Å². The number of nitriles is 1. The summed E-state index contributed by atoms with van der Waals surface area (Å²) in [5.41, 5.74) is 1.84. The predicted molar refractivity (Wildman–Crippen MR) is 87.0 cm³/mol. The van der Waals surface area contributed by atoms with Crippen molar-refractivity contribution in [2.24, 2.45) is 5.92 Å². The summed E-state index contributed by atoms with van der Waals surface area (Å²) in [6.45, 7) is 7.13. The van der Waals surface area contributed by atoms with Crippen molar-refractivity contribution in [2.75, 3.05) is 19.6 Å². The summed E-state index contributed by atoms with van der Waals surface area (Å²) in [6.07, 6.45) is 4.29. The average Bonchev–Trinajstić information content (AvgIpc) is 2.54. The molecule has 0 saturated carbocycles. The largest absolute Gasteiger partial charge is 0.356 e. The zero-order valence-electron chi connectivity index (χ0n) is 12.9. The second-order valence-electron chi connectivity index (χ2n) is 5.81. The topological polar surface area (TPSA) is 56.1 Å². The van der Waals surface area contributed by atoms with Gasteiger partial charge >= 0.3 is 0 Å². The zero-order chi connectivity index (χ0) is 15.8. The van der Waals surface area contributed by atoms with Gasteiger partial charge in [-0.05, 0) is 36.9 Å². The van der Waals surface area contributed by atoms with Gasteiger partial charge < -0.3 is 5.32 Å². The highest BCUT2D eigenvalue weighted by Gasteiger charge is 2.20. The molecule has 0 aromatic heterocycles. The van der Waals surface area contributed by atoms with Crippen molar-refractivity contribution in [3.05, 3.63) is 48.0 Å². The van der Waals surface area contributed by atoms with Crippen LogP contribution in [0.3, 0.4) is 0 Å². The molecule has 1 fully saturated rings. The van der Waals surface area contributed by atoms with Crippen LogP contribution in [0.2, 0.25) is 0 Å². The minimum absolute atomic E-state index is 0.0435. The van der Waals surface area contributed by atoms with Crippen LogP contribution in [0.25, 0.3) is 0 Å². The summed E-state index contributed by atoms with van der Waals surface area (Å²) < 4.78 is 0. The Balaban J connectivity index is 1.87. The van der Waals surface area contributed by atoms with Gasteiger partial charge in [-0.15, -0.1) is 6.58 Å². The first kappa shape index (κ1) is 16.3. The van der Waals surface area contributed by atoms with E-state index in [1.165, 1.54) is 0 Å². The van der Waals surface area contributed by atoms with Crippen molar-refractivity contribution >= 4 is 5.91 Å². The summed E-state index contributed by atoms with van der Waals surface area (Å²) in [5.74, 6) is 0.527. The highest BCUT2D eigenvalue weighted by atomic mass is 16.1. The van der Waals surface area contributed by atoms with Gasteiger partial charge in [-0.25, -0.2) is 0 Å². The Bertz CT molecular complexity index is 562. The fraction of sp³-hybridized carbons (Fsp3) is 0.444. The molecular weight excluding hydrogens is 274 g/mol. The molecule has 0 radical (unpaired) electrons. The molecule has 1 heterocycles. The predicted octanol–water partition coefficient (Wildman–Crippen LogP) is 2.46. The molecule has 1 amide bonds. The van der Waals surface area contributed by atoms with E-state index in [4.69, 9.17) is 0 Å². The lowest BCUT2D eigenvalue weighted by molar-refractivity contribution is -0.120. The number of nitrogens with zero attached hydrogens (tertiary/aromatic N) is 2. The lowest BCUT2D eigenvalue weighted by Crippen LogP contribution is -2.40. The van der Waals surface area contributed by atoms with Crippen LogP contribution in [0.5, 0.6) is 0 Å². The third-order valence-electron chi connectivity index (χ3n) is 4.05. The molecule has 1 aromatic rings. The molecule has 0 aliphatic carbocycles. The molecule has 1 N–H and O–H groups in total. The van der Waals surface area contributed by atoms with Gasteiger partial charge in [-0.1, -0.05) is 24.3 Å². The Morgan fingerprint density at radius 2 is 2.32 bits per heavy atom. The Labute approximate surface area is 132 Å². The van der Waals surface area contributed by atoms with Crippen LogP contribution in [0, 0.1) is 17.2 Å². The van der Waals surface area contributed by atoms with Crippen LogP contribution >= 0.6 is 0 Å². The Hall–Kier alpha value is -2.12. The van der Waals surface area contributed by atoms with E-state index in [0.29, 0.717) is 12.3 Å². The highest BCUT2D eigenvalue weighted by Crippen LogP contribution is 2.19. The number of hydrogen-bond donors (Lipinski definition) is 1. The van der Waals surface area contributed by atoms with Crippen molar-refractivity contribution in [2.45, 2.75) is 25.8 Å². The number of benzene rings is 1. The van der Waals surface area contributed by atoms with E-state index >= 15 is 0 Å². The Morgan fingerprint density at radius 1 is 1.50 bits per heavy atom. The van der Waals surface area contributed by atoms with Gasteiger partial charge in [0.1, 0.15) is 0 Å². The Kier molecular flexibility index (Phi) is 6.17. The van der Waals surface area contributed by atoms with Crippen LogP contribution in [0.1, 0.15) is 30.4 Å². The van der Waals surface area contributed by atoms with E-state index in [1.54, 1.807) is 6.08 Å². The summed E-state index contributed by atoms with van der Waals surface area (Å²) in [5, 5.41) is 12.1. The number of amides is 1. The molecule has 116 valence electrons. The van der Waals surface area contributed by atoms with Crippen molar-refractivity contribution in [3.8, 4) is 6.07 Å². The van der Waals surface area contributed by atoms with Gasteiger partial charge in [0.15, 0.2) is 0 Å². The van der Waals surface area contributed by atoms with Crippen molar-refractivity contribution in [1.82, 2.24) is 10.2 Å². The zero-order valence-corrected chi connectivity index (χ0v) is 12.9. The molecule has 1 aliphatic rings. The molecule has 4 nitrogen and oxygen atoms in total. The summed E-state index contributed by atoms with van der Waals surface area (Å²) >= 11 is 0. The fourth-order valence-electron chi connectivity index (χ4n) is 2.93. The molecule has 0 spiro atoms. The number of carbonyl (C=O) groups excluding carboxylic acids is 1. The Morgan fingerprint density at radius 3 is 3.09 bits per heavy atom. The van der Waals surface area contributed by atoms with Crippen LogP contribution < -0.4 is 5.32 Å².